The third-order valence-electron chi connectivity index (χ3n) is 8.88. The van der Waals surface area contributed by atoms with Crippen molar-refractivity contribution in [3.63, 3.8) is 0 Å². The van der Waals surface area contributed by atoms with E-state index >= 15 is 0 Å². The first-order chi connectivity index (χ1) is 19.1. The summed E-state index contributed by atoms with van der Waals surface area (Å²) in [4.78, 5) is 3.49. The van der Waals surface area contributed by atoms with Crippen LogP contribution in [0.3, 0.4) is 0 Å². The Kier molecular flexibility index (Phi) is 5.95. The minimum absolute atomic E-state index is 0.0356. The molecule has 3 heteroatoms. The molecule has 41 heavy (non-hydrogen) atoms. The van der Waals surface area contributed by atoms with Gasteiger partial charge in [-0.1, -0.05) is 86.6 Å². The van der Waals surface area contributed by atoms with Gasteiger partial charge in [0, 0.05) is 64.4 Å². The molecule has 0 aliphatic carbocycles. The highest BCUT2D eigenvalue weighted by Crippen LogP contribution is 2.44. The average Bonchev–Trinajstić information content (AvgIpc) is 3.57. The monoisotopic (exact) mass is 543 g/mol. The quantitative estimate of drug-likeness (QED) is 0.225. The van der Waals surface area contributed by atoms with Gasteiger partial charge in [0.1, 0.15) is 0 Å². The number of nitrogens with one attached hydrogen (secondary N) is 1. The summed E-state index contributed by atoms with van der Waals surface area (Å²) in [5.74, 6) is 0. The van der Waals surface area contributed by atoms with E-state index in [9.17, 15) is 0 Å². The van der Waals surface area contributed by atoms with E-state index in [2.05, 4.69) is 157 Å². The first-order valence-corrected chi connectivity index (χ1v) is 14.9. The Hall–Kier alpha value is -3.72. The van der Waals surface area contributed by atoms with Crippen molar-refractivity contribution in [2.75, 3.05) is 0 Å². The van der Waals surface area contributed by atoms with Gasteiger partial charge in [-0.25, -0.2) is 0 Å². The van der Waals surface area contributed by atoms with Gasteiger partial charge < -0.3 is 14.1 Å². The second-order valence-corrected chi connectivity index (χ2v) is 15.1. The van der Waals surface area contributed by atoms with Crippen LogP contribution in [-0.4, -0.2) is 14.1 Å². The van der Waals surface area contributed by atoms with E-state index in [0.29, 0.717) is 0 Å². The third-order valence-corrected chi connectivity index (χ3v) is 8.88. The van der Waals surface area contributed by atoms with Crippen LogP contribution in [0.2, 0.25) is 0 Å². The van der Waals surface area contributed by atoms with Gasteiger partial charge in [-0.15, -0.1) is 0 Å². The number of aromatic amines is 1. The highest BCUT2D eigenvalue weighted by molar-refractivity contribution is 5.98. The molecule has 0 saturated carbocycles. The van der Waals surface area contributed by atoms with Gasteiger partial charge in [0.05, 0.1) is 5.52 Å². The van der Waals surface area contributed by atoms with Crippen molar-refractivity contribution in [1.29, 1.82) is 0 Å². The van der Waals surface area contributed by atoms with Crippen LogP contribution in [-0.2, 0) is 30.3 Å². The first kappa shape index (κ1) is 27.4. The molecule has 0 aliphatic rings. The molecule has 0 spiro atoms. The Bertz CT molecular complexity index is 1950. The van der Waals surface area contributed by atoms with E-state index in [1.807, 2.05) is 0 Å². The summed E-state index contributed by atoms with van der Waals surface area (Å²) >= 11 is 0. The zero-order valence-corrected chi connectivity index (χ0v) is 26.7. The van der Waals surface area contributed by atoms with Crippen molar-refractivity contribution in [3.05, 3.63) is 83.6 Å². The zero-order chi connectivity index (χ0) is 29.6. The first-order valence-electron chi connectivity index (χ1n) is 14.9. The Morgan fingerprint density at radius 1 is 0.610 bits per heavy atom. The summed E-state index contributed by atoms with van der Waals surface area (Å²) in [5, 5.41) is 3.90. The fourth-order valence-corrected chi connectivity index (χ4v) is 6.88. The largest absolute Gasteiger partial charge is 0.361 e. The van der Waals surface area contributed by atoms with Gasteiger partial charge in [-0.3, -0.25) is 0 Å². The highest BCUT2D eigenvalue weighted by atomic mass is 15.0. The second kappa shape index (κ2) is 8.89. The summed E-state index contributed by atoms with van der Waals surface area (Å²) in [5.41, 5.74) is 13.1. The summed E-state index contributed by atoms with van der Waals surface area (Å²) in [7, 11) is 4.46. The minimum Gasteiger partial charge on any atom is -0.361 e. The Labute approximate surface area is 245 Å². The zero-order valence-electron chi connectivity index (χ0n) is 26.7. The number of aromatic nitrogens is 3. The van der Waals surface area contributed by atoms with E-state index in [1.54, 1.807) is 0 Å². The summed E-state index contributed by atoms with van der Waals surface area (Å²) in [6.07, 6.45) is 2.06. The molecule has 6 rings (SSSR count). The predicted octanol–water partition coefficient (Wildman–Crippen LogP) is 10.4. The molecule has 0 bridgehead atoms. The number of benzene rings is 3. The van der Waals surface area contributed by atoms with Crippen molar-refractivity contribution in [3.8, 4) is 22.5 Å². The standard InChI is InChI=1S/C38H45N3/c1-36(2,3)28-13-12-14-30-27(28)22-32(40(30)10)26-16-15-24-21-31(41(11)35(24)33(26)38(7,8)9)25-19-23-17-18-39-34(23)29(20-25)37(4,5)6/h12-22,39H,1-11H3. The second-order valence-electron chi connectivity index (χ2n) is 15.1. The lowest BCUT2D eigenvalue weighted by Gasteiger charge is -2.26. The molecular formula is C38H45N3. The molecule has 1 N–H and O–H groups in total. The molecule has 0 atom stereocenters. The number of fused-ring (bicyclic) bond motifs is 3. The van der Waals surface area contributed by atoms with E-state index in [1.165, 1.54) is 71.9 Å². The van der Waals surface area contributed by atoms with Gasteiger partial charge in [-0.05, 0) is 74.9 Å². The molecule has 3 aromatic carbocycles. The molecule has 3 aromatic heterocycles. The normalized spacial score (nSPS) is 13.2. The number of rotatable bonds is 2. The summed E-state index contributed by atoms with van der Waals surface area (Å²) in [6.45, 7) is 20.9. The average molecular weight is 544 g/mol. The maximum absolute atomic E-state index is 3.49. The Balaban J connectivity index is 1.64. The lowest BCUT2D eigenvalue weighted by Crippen LogP contribution is -2.15. The number of nitrogens with zero attached hydrogens (tertiary/aromatic N) is 2. The van der Waals surface area contributed by atoms with Crippen LogP contribution in [0.5, 0.6) is 0 Å². The van der Waals surface area contributed by atoms with Crippen LogP contribution >= 0.6 is 0 Å². The van der Waals surface area contributed by atoms with Crippen LogP contribution in [0.4, 0.5) is 0 Å². The molecule has 3 nitrogen and oxygen atoms in total. The Morgan fingerprint density at radius 2 is 1.32 bits per heavy atom. The van der Waals surface area contributed by atoms with Gasteiger partial charge >= 0.3 is 0 Å². The lowest BCUT2D eigenvalue weighted by atomic mass is 9.81. The molecule has 0 amide bonds. The summed E-state index contributed by atoms with van der Waals surface area (Å²) in [6, 6.07) is 23.2. The van der Waals surface area contributed by atoms with Gasteiger partial charge in [0.2, 0.25) is 0 Å². The van der Waals surface area contributed by atoms with Crippen LogP contribution in [0.1, 0.15) is 79.0 Å². The summed E-state index contributed by atoms with van der Waals surface area (Å²) < 4.78 is 4.82. The lowest BCUT2D eigenvalue weighted by molar-refractivity contribution is 0.593. The van der Waals surface area contributed by atoms with Crippen molar-refractivity contribution in [2.24, 2.45) is 14.1 Å². The number of hydrogen-bond donors (Lipinski definition) is 1. The van der Waals surface area contributed by atoms with Crippen molar-refractivity contribution in [1.82, 2.24) is 14.1 Å². The van der Waals surface area contributed by atoms with Crippen LogP contribution in [0.25, 0.3) is 55.2 Å². The van der Waals surface area contributed by atoms with E-state index in [0.717, 1.165) is 0 Å². The van der Waals surface area contributed by atoms with Gasteiger partial charge in [0.25, 0.3) is 0 Å². The number of H-pyrrole nitrogens is 1. The molecule has 0 aliphatic heterocycles. The molecule has 0 saturated heterocycles. The minimum atomic E-state index is -0.0529. The van der Waals surface area contributed by atoms with Gasteiger partial charge in [-0.2, -0.15) is 0 Å². The van der Waals surface area contributed by atoms with Crippen LogP contribution in [0, 0.1) is 0 Å². The molecular weight excluding hydrogens is 498 g/mol. The molecule has 0 radical (unpaired) electrons. The smallest absolute Gasteiger partial charge is 0.0527 e. The SMILES string of the molecule is Cn1c(-c2ccc3cc(-c4cc(C(C)(C)C)c5[nH]ccc5c4)n(C)c3c2C(C)(C)C)cc2c(C(C)(C)C)cccc21. The van der Waals surface area contributed by atoms with E-state index in [4.69, 9.17) is 0 Å². The van der Waals surface area contributed by atoms with E-state index < -0.39 is 0 Å². The fourth-order valence-electron chi connectivity index (χ4n) is 6.88. The molecule has 6 aromatic rings. The molecule has 212 valence electrons. The number of aryl methyl sites for hydroxylation is 2. The highest BCUT2D eigenvalue weighted by Gasteiger charge is 2.28. The molecule has 0 unspecified atom stereocenters. The van der Waals surface area contributed by atoms with Gasteiger partial charge in [0.15, 0.2) is 0 Å². The molecule has 0 fully saturated rings. The van der Waals surface area contributed by atoms with E-state index in [-0.39, 0.29) is 16.2 Å². The molecule has 3 heterocycles. The third kappa shape index (κ3) is 4.33. The van der Waals surface area contributed by atoms with Crippen molar-refractivity contribution >= 4 is 32.7 Å². The van der Waals surface area contributed by atoms with Crippen LogP contribution in [0.15, 0.2) is 66.9 Å². The Morgan fingerprint density at radius 3 is 1.98 bits per heavy atom. The maximum atomic E-state index is 3.49. The fraction of sp³-hybridized carbons (Fsp3) is 0.368. The van der Waals surface area contributed by atoms with Crippen molar-refractivity contribution < 1.29 is 0 Å². The number of hydrogen-bond acceptors (Lipinski definition) is 0. The maximum Gasteiger partial charge on any atom is 0.0527 e. The van der Waals surface area contributed by atoms with Crippen LogP contribution < -0.4 is 0 Å². The topological polar surface area (TPSA) is 25.6 Å². The van der Waals surface area contributed by atoms with Crippen molar-refractivity contribution in [2.45, 2.75) is 78.6 Å². The predicted molar refractivity (Wildman–Crippen MR) is 178 cm³/mol.